The van der Waals surface area contributed by atoms with E-state index >= 15 is 0 Å². The summed E-state index contributed by atoms with van der Waals surface area (Å²) in [6.45, 7) is 1.89. The average Bonchev–Trinajstić information content (AvgIpc) is 2.29. The standard InChI is InChI=1S/C13H13ClN2O/c1-9(15)12-6-3-7-16-13(12)17-11-5-2-4-10(14)8-11/h2-9H,15H2,1H3/t9-/m0/s1. The number of hydrogen-bond donors (Lipinski definition) is 1. The predicted octanol–water partition coefficient (Wildman–Crippen LogP) is 3.55. The van der Waals surface area contributed by atoms with Gasteiger partial charge in [-0.05, 0) is 31.2 Å². The van der Waals surface area contributed by atoms with Gasteiger partial charge >= 0.3 is 0 Å². The zero-order valence-electron chi connectivity index (χ0n) is 9.43. The quantitative estimate of drug-likeness (QED) is 0.904. The second-order valence-electron chi connectivity index (χ2n) is 3.75. The lowest BCUT2D eigenvalue weighted by Gasteiger charge is -2.12. The van der Waals surface area contributed by atoms with Crippen molar-refractivity contribution < 1.29 is 4.74 Å². The first-order valence-corrected chi connectivity index (χ1v) is 5.68. The lowest BCUT2D eigenvalue weighted by molar-refractivity contribution is 0.452. The molecule has 0 radical (unpaired) electrons. The van der Waals surface area contributed by atoms with Crippen molar-refractivity contribution in [3.05, 3.63) is 53.2 Å². The largest absolute Gasteiger partial charge is 0.439 e. The fraction of sp³-hybridized carbons (Fsp3) is 0.154. The summed E-state index contributed by atoms with van der Waals surface area (Å²) < 4.78 is 5.68. The Morgan fingerprint density at radius 1 is 1.29 bits per heavy atom. The van der Waals surface area contributed by atoms with Crippen molar-refractivity contribution in [1.29, 1.82) is 0 Å². The molecule has 1 aromatic heterocycles. The molecule has 1 heterocycles. The molecule has 3 nitrogen and oxygen atoms in total. The van der Waals surface area contributed by atoms with Crippen molar-refractivity contribution >= 4 is 11.6 Å². The molecule has 0 bridgehead atoms. The molecule has 88 valence electrons. The fourth-order valence-corrected chi connectivity index (χ4v) is 1.66. The lowest BCUT2D eigenvalue weighted by Crippen LogP contribution is -2.07. The summed E-state index contributed by atoms with van der Waals surface area (Å²) >= 11 is 5.89. The summed E-state index contributed by atoms with van der Waals surface area (Å²) in [4.78, 5) is 4.18. The SMILES string of the molecule is C[C@H](N)c1cccnc1Oc1cccc(Cl)c1. The summed E-state index contributed by atoms with van der Waals surface area (Å²) in [5, 5.41) is 0.626. The maximum atomic E-state index is 5.89. The van der Waals surface area contributed by atoms with Gasteiger partial charge < -0.3 is 10.5 Å². The maximum absolute atomic E-state index is 5.89. The number of nitrogens with two attached hydrogens (primary N) is 1. The van der Waals surface area contributed by atoms with Crippen LogP contribution in [0.1, 0.15) is 18.5 Å². The van der Waals surface area contributed by atoms with Gasteiger partial charge in [0, 0.05) is 22.8 Å². The molecule has 0 aliphatic carbocycles. The Morgan fingerprint density at radius 2 is 2.12 bits per heavy atom. The molecular weight excluding hydrogens is 236 g/mol. The fourth-order valence-electron chi connectivity index (χ4n) is 1.48. The van der Waals surface area contributed by atoms with E-state index in [1.54, 1.807) is 18.3 Å². The van der Waals surface area contributed by atoms with E-state index in [1.807, 2.05) is 31.2 Å². The van der Waals surface area contributed by atoms with Gasteiger partial charge in [0.2, 0.25) is 5.88 Å². The number of pyridine rings is 1. The third-order valence-corrected chi connectivity index (χ3v) is 2.54. The van der Waals surface area contributed by atoms with Crippen molar-refractivity contribution in [2.75, 3.05) is 0 Å². The van der Waals surface area contributed by atoms with E-state index in [0.29, 0.717) is 16.7 Å². The van der Waals surface area contributed by atoms with E-state index in [9.17, 15) is 0 Å². The Bertz CT molecular complexity index is 514. The Labute approximate surface area is 105 Å². The molecule has 2 rings (SSSR count). The van der Waals surface area contributed by atoms with Crippen LogP contribution in [0, 0.1) is 0 Å². The molecule has 0 unspecified atom stereocenters. The van der Waals surface area contributed by atoms with Crippen molar-refractivity contribution in [2.45, 2.75) is 13.0 Å². The van der Waals surface area contributed by atoms with Crippen LogP contribution < -0.4 is 10.5 Å². The van der Waals surface area contributed by atoms with Crippen molar-refractivity contribution in [2.24, 2.45) is 5.73 Å². The molecule has 0 fully saturated rings. The zero-order valence-corrected chi connectivity index (χ0v) is 10.2. The molecule has 17 heavy (non-hydrogen) atoms. The third kappa shape index (κ3) is 2.96. The molecule has 2 N–H and O–H groups in total. The number of nitrogens with zero attached hydrogens (tertiary/aromatic N) is 1. The summed E-state index contributed by atoms with van der Waals surface area (Å²) in [5.41, 5.74) is 6.72. The Morgan fingerprint density at radius 3 is 2.82 bits per heavy atom. The van der Waals surface area contributed by atoms with E-state index < -0.39 is 0 Å². The number of hydrogen-bond acceptors (Lipinski definition) is 3. The van der Waals surface area contributed by atoms with Gasteiger partial charge in [-0.2, -0.15) is 0 Å². The van der Waals surface area contributed by atoms with Gasteiger partial charge in [-0.3, -0.25) is 0 Å². The van der Waals surface area contributed by atoms with E-state index in [2.05, 4.69) is 4.98 Å². The molecular formula is C13H13ClN2O. The average molecular weight is 249 g/mol. The van der Waals surface area contributed by atoms with Crippen molar-refractivity contribution in [3.8, 4) is 11.6 Å². The van der Waals surface area contributed by atoms with Crippen molar-refractivity contribution in [3.63, 3.8) is 0 Å². The van der Waals surface area contributed by atoms with Gasteiger partial charge in [-0.25, -0.2) is 4.98 Å². The highest BCUT2D eigenvalue weighted by Gasteiger charge is 2.09. The minimum Gasteiger partial charge on any atom is -0.439 e. The van der Waals surface area contributed by atoms with Crippen molar-refractivity contribution in [1.82, 2.24) is 4.98 Å². The molecule has 0 amide bonds. The third-order valence-electron chi connectivity index (χ3n) is 2.30. The molecule has 1 atom stereocenters. The lowest BCUT2D eigenvalue weighted by atomic mass is 10.1. The molecule has 2 aromatic rings. The Hall–Kier alpha value is -1.58. The summed E-state index contributed by atoms with van der Waals surface area (Å²) in [6.07, 6.45) is 1.67. The first-order valence-electron chi connectivity index (χ1n) is 5.31. The molecule has 0 saturated heterocycles. The van der Waals surface area contributed by atoms with Gasteiger partial charge in [0.1, 0.15) is 5.75 Å². The van der Waals surface area contributed by atoms with Gasteiger partial charge in [-0.15, -0.1) is 0 Å². The van der Waals surface area contributed by atoms with Gasteiger partial charge in [0.25, 0.3) is 0 Å². The highest BCUT2D eigenvalue weighted by molar-refractivity contribution is 6.30. The number of benzene rings is 1. The van der Waals surface area contributed by atoms with E-state index in [1.165, 1.54) is 0 Å². The highest BCUT2D eigenvalue weighted by atomic mass is 35.5. The predicted molar refractivity (Wildman–Crippen MR) is 68.4 cm³/mol. The smallest absolute Gasteiger partial charge is 0.223 e. The molecule has 0 aliphatic rings. The van der Waals surface area contributed by atoms with Crippen LogP contribution in [0.2, 0.25) is 5.02 Å². The summed E-state index contributed by atoms with van der Waals surface area (Å²) in [5.74, 6) is 1.17. The second-order valence-corrected chi connectivity index (χ2v) is 4.18. The molecule has 4 heteroatoms. The van der Waals surface area contributed by atoms with Gasteiger partial charge in [0.15, 0.2) is 0 Å². The highest BCUT2D eigenvalue weighted by Crippen LogP contribution is 2.27. The van der Waals surface area contributed by atoms with Crippen LogP contribution >= 0.6 is 11.6 Å². The van der Waals surface area contributed by atoms with Crippen LogP contribution in [0.4, 0.5) is 0 Å². The molecule has 0 saturated carbocycles. The monoisotopic (exact) mass is 248 g/mol. The van der Waals surface area contributed by atoms with Crippen LogP contribution in [-0.2, 0) is 0 Å². The number of aromatic nitrogens is 1. The molecule has 0 spiro atoms. The topological polar surface area (TPSA) is 48.1 Å². The molecule has 0 aliphatic heterocycles. The van der Waals surface area contributed by atoms with Crippen LogP contribution in [0.25, 0.3) is 0 Å². The normalized spacial score (nSPS) is 12.2. The van der Waals surface area contributed by atoms with E-state index in [0.717, 1.165) is 5.56 Å². The summed E-state index contributed by atoms with van der Waals surface area (Å²) in [6, 6.07) is 10.8. The minimum atomic E-state index is -0.127. The van der Waals surface area contributed by atoms with E-state index in [4.69, 9.17) is 22.1 Å². The number of ether oxygens (including phenoxy) is 1. The maximum Gasteiger partial charge on any atom is 0.223 e. The summed E-state index contributed by atoms with van der Waals surface area (Å²) in [7, 11) is 0. The second kappa shape index (κ2) is 5.17. The van der Waals surface area contributed by atoms with Crippen LogP contribution in [0.3, 0.4) is 0 Å². The number of halogens is 1. The minimum absolute atomic E-state index is 0.127. The first-order chi connectivity index (χ1) is 8.16. The zero-order chi connectivity index (χ0) is 12.3. The van der Waals surface area contributed by atoms with E-state index in [-0.39, 0.29) is 6.04 Å². The Kier molecular flexibility index (Phi) is 3.61. The first kappa shape index (κ1) is 11.9. The van der Waals surface area contributed by atoms with Crippen LogP contribution in [0.5, 0.6) is 11.6 Å². The van der Waals surface area contributed by atoms with Gasteiger partial charge in [0.05, 0.1) is 0 Å². The van der Waals surface area contributed by atoms with Crippen LogP contribution in [0.15, 0.2) is 42.6 Å². The number of rotatable bonds is 3. The molecule has 1 aromatic carbocycles. The Balaban J connectivity index is 2.30. The van der Waals surface area contributed by atoms with Crippen LogP contribution in [-0.4, -0.2) is 4.98 Å². The van der Waals surface area contributed by atoms with Gasteiger partial charge in [-0.1, -0.05) is 23.7 Å².